The first kappa shape index (κ1) is 15.9. The number of aromatic nitrogens is 3. The number of carbonyl (C=O) groups is 1. The molecule has 3 rings (SSSR count). The average Bonchev–Trinajstić information content (AvgIpc) is 2.97. The van der Waals surface area contributed by atoms with Crippen molar-refractivity contribution in [2.45, 2.75) is 27.3 Å². The van der Waals surface area contributed by atoms with Gasteiger partial charge in [0.1, 0.15) is 11.2 Å². The Morgan fingerprint density at radius 1 is 1.25 bits per heavy atom. The minimum atomic E-state index is -0.694. The SMILES string of the molecule is CCOC(=O)c1noc2nc(C)n(Cc3ccc(C)cc3)c(=O)c12. The van der Waals surface area contributed by atoms with Crippen LogP contribution in [0.25, 0.3) is 11.1 Å². The van der Waals surface area contributed by atoms with Crippen molar-refractivity contribution in [2.75, 3.05) is 6.61 Å². The number of rotatable bonds is 4. The molecular formula is C17H17N3O4. The van der Waals surface area contributed by atoms with Crippen LogP contribution in [0.2, 0.25) is 0 Å². The first-order chi connectivity index (χ1) is 11.5. The number of carbonyl (C=O) groups excluding carboxylic acids is 1. The van der Waals surface area contributed by atoms with E-state index in [-0.39, 0.29) is 29.0 Å². The molecule has 0 spiro atoms. The summed E-state index contributed by atoms with van der Waals surface area (Å²) in [5.41, 5.74) is 1.63. The molecule has 0 fully saturated rings. The van der Waals surface area contributed by atoms with Gasteiger partial charge in [-0.15, -0.1) is 0 Å². The second-order valence-corrected chi connectivity index (χ2v) is 5.47. The lowest BCUT2D eigenvalue weighted by Gasteiger charge is -2.09. The maximum atomic E-state index is 12.8. The highest BCUT2D eigenvalue weighted by Gasteiger charge is 2.23. The predicted octanol–water partition coefficient (Wildman–Crippen LogP) is 2.23. The van der Waals surface area contributed by atoms with E-state index in [4.69, 9.17) is 9.26 Å². The molecule has 2 heterocycles. The number of ether oxygens (including phenoxy) is 1. The molecule has 2 aromatic heterocycles. The van der Waals surface area contributed by atoms with Gasteiger partial charge in [0.25, 0.3) is 11.3 Å². The highest BCUT2D eigenvalue weighted by molar-refractivity contribution is 5.99. The predicted molar refractivity (Wildman–Crippen MR) is 87.0 cm³/mol. The van der Waals surface area contributed by atoms with Crippen LogP contribution in [0.5, 0.6) is 0 Å². The van der Waals surface area contributed by atoms with Gasteiger partial charge in [-0.05, 0) is 26.3 Å². The molecule has 24 heavy (non-hydrogen) atoms. The molecule has 0 aliphatic rings. The molecule has 1 aromatic carbocycles. The summed E-state index contributed by atoms with van der Waals surface area (Å²) in [6, 6.07) is 7.85. The Hall–Kier alpha value is -2.96. The topological polar surface area (TPSA) is 87.2 Å². The van der Waals surface area contributed by atoms with Gasteiger partial charge in [0.2, 0.25) is 5.69 Å². The summed E-state index contributed by atoms with van der Waals surface area (Å²) in [6.07, 6.45) is 0. The quantitative estimate of drug-likeness (QED) is 0.683. The molecule has 0 saturated heterocycles. The van der Waals surface area contributed by atoms with E-state index in [9.17, 15) is 9.59 Å². The van der Waals surface area contributed by atoms with Gasteiger partial charge in [-0.1, -0.05) is 35.0 Å². The van der Waals surface area contributed by atoms with Crippen molar-refractivity contribution >= 4 is 17.1 Å². The van der Waals surface area contributed by atoms with Crippen molar-refractivity contribution in [3.8, 4) is 0 Å². The Balaban J connectivity index is 2.11. The minimum Gasteiger partial charge on any atom is -0.461 e. The Labute approximate surface area is 137 Å². The number of fused-ring (bicyclic) bond motifs is 1. The van der Waals surface area contributed by atoms with E-state index in [1.54, 1.807) is 13.8 Å². The lowest BCUT2D eigenvalue weighted by Crippen LogP contribution is -2.25. The molecule has 0 amide bonds. The summed E-state index contributed by atoms with van der Waals surface area (Å²) in [6.45, 7) is 5.92. The second kappa shape index (κ2) is 6.27. The number of aryl methyl sites for hydroxylation is 2. The van der Waals surface area contributed by atoms with Gasteiger partial charge in [0, 0.05) is 0 Å². The van der Waals surface area contributed by atoms with Crippen molar-refractivity contribution in [1.82, 2.24) is 14.7 Å². The molecular weight excluding hydrogens is 310 g/mol. The van der Waals surface area contributed by atoms with Gasteiger partial charge in [-0.2, -0.15) is 4.98 Å². The van der Waals surface area contributed by atoms with Crippen molar-refractivity contribution < 1.29 is 14.1 Å². The van der Waals surface area contributed by atoms with Crippen LogP contribution in [0.1, 0.15) is 34.4 Å². The Kier molecular flexibility index (Phi) is 4.16. The summed E-state index contributed by atoms with van der Waals surface area (Å²) < 4.78 is 11.4. The highest BCUT2D eigenvalue weighted by atomic mass is 16.5. The Morgan fingerprint density at radius 3 is 2.62 bits per heavy atom. The Morgan fingerprint density at radius 2 is 1.96 bits per heavy atom. The van der Waals surface area contributed by atoms with E-state index >= 15 is 0 Å². The van der Waals surface area contributed by atoms with E-state index in [1.807, 2.05) is 31.2 Å². The molecule has 7 heteroatoms. The molecule has 0 N–H and O–H groups in total. The fourth-order valence-corrected chi connectivity index (χ4v) is 2.44. The van der Waals surface area contributed by atoms with Gasteiger partial charge >= 0.3 is 5.97 Å². The molecule has 3 aromatic rings. The summed E-state index contributed by atoms with van der Waals surface area (Å²) in [4.78, 5) is 29.0. The third-order valence-corrected chi connectivity index (χ3v) is 3.72. The van der Waals surface area contributed by atoms with Gasteiger partial charge in [0.05, 0.1) is 13.2 Å². The third-order valence-electron chi connectivity index (χ3n) is 3.72. The maximum Gasteiger partial charge on any atom is 0.361 e. The summed E-state index contributed by atoms with van der Waals surface area (Å²) in [7, 11) is 0. The number of nitrogens with zero attached hydrogens (tertiary/aromatic N) is 3. The first-order valence-electron chi connectivity index (χ1n) is 7.60. The molecule has 0 unspecified atom stereocenters. The monoisotopic (exact) mass is 327 g/mol. The normalized spacial score (nSPS) is 11.0. The number of hydrogen-bond donors (Lipinski definition) is 0. The highest BCUT2D eigenvalue weighted by Crippen LogP contribution is 2.15. The zero-order valence-corrected chi connectivity index (χ0v) is 13.7. The van der Waals surface area contributed by atoms with Crippen LogP contribution in [0.3, 0.4) is 0 Å². The van der Waals surface area contributed by atoms with Crippen LogP contribution in [0, 0.1) is 13.8 Å². The van der Waals surface area contributed by atoms with Gasteiger partial charge in [-0.3, -0.25) is 9.36 Å². The summed E-state index contributed by atoms with van der Waals surface area (Å²) >= 11 is 0. The van der Waals surface area contributed by atoms with E-state index in [2.05, 4.69) is 10.1 Å². The van der Waals surface area contributed by atoms with Crippen LogP contribution < -0.4 is 5.56 Å². The van der Waals surface area contributed by atoms with Crippen LogP contribution >= 0.6 is 0 Å². The van der Waals surface area contributed by atoms with Crippen LogP contribution in [-0.4, -0.2) is 27.3 Å². The van der Waals surface area contributed by atoms with Crippen molar-refractivity contribution in [2.24, 2.45) is 0 Å². The van der Waals surface area contributed by atoms with Crippen molar-refractivity contribution in [3.63, 3.8) is 0 Å². The number of hydrogen-bond acceptors (Lipinski definition) is 6. The minimum absolute atomic E-state index is 0.0423. The van der Waals surface area contributed by atoms with Gasteiger partial charge < -0.3 is 9.26 Å². The van der Waals surface area contributed by atoms with Crippen molar-refractivity contribution in [1.29, 1.82) is 0 Å². The van der Waals surface area contributed by atoms with Crippen LogP contribution in [-0.2, 0) is 11.3 Å². The molecule has 0 radical (unpaired) electrons. The molecule has 0 aliphatic heterocycles. The number of benzene rings is 1. The van der Waals surface area contributed by atoms with E-state index in [1.165, 1.54) is 4.57 Å². The zero-order valence-electron chi connectivity index (χ0n) is 13.7. The standard InChI is InChI=1S/C17H17N3O4/c1-4-23-17(22)14-13-15(24-19-14)18-11(3)20(16(13)21)9-12-7-5-10(2)6-8-12/h5-8H,4,9H2,1-3H3. The summed E-state index contributed by atoms with van der Waals surface area (Å²) in [5, 5.41) is 3.70. The molecule has 0 aliphatic carbocycles. The Bertz CT molecular complexity index is 954. The van der Waals surface area contributed by atoms with Gasteiger partial charge in [0.15, 0.2) is 0 Å². The zero-order chi connectivity index (χ0) is 17.3. The van der Waals surface area contributed by atoms with Gasteiger partial charge in [-0.25, -0.2) is 4.79 Å². The van der Waals surface area contributed by atoms with Crippen LogP contribution in [0.15, 0.2) is 33.6 Å². The second-order valence-electron chi connectivity index (χ2n) is 5.47. The third kappa shape index (κ3) is 2.80. The molecule has 0 saturated carbocycles. The fraction of sp³-hybridized carbons (Fsp3) is 0.294. The lowest BCUT2D eigenvalue weighted by molar-refractivity contribution is 0.0516. The molecule has 7 nitrogen and oxygen atoms in total. The lowest BCUT2D eigenvalue weighted by atomic mass is 10.1. The smallest absolute Gasteiger partial charge is 0.361 e. The fourth-order valence-electron chi connectivity index (χ4n) is 2.44. The molecule has 0 atom stereocenters. The first-order valence-corrected chi connectivity index (χ1v) is 7.60. The average molecular weight is 327 g/mol. The summed E-state index contributed by atoms with van der Waals surface area (Å²) in [5.74, 6) is -0.208. The molecule has 0 bridgehead atoms. The maximum absolute atomic E-state index is 12.8. The van der Waals surface area contributed by atoms with Crippen molar-refractivity contribution in [3.05, 3.63) is 57.3 Å². The van der Waals surface area contributed by atoms with E-state index in [0.717, 1.165) is 11.1 Å². The van der Waals surface area contributed by atoms with Crippen LogP contribution in [0.4, 0.5) is 0 Å². The largest absolute Gasteiger partial charge is 0.461 e. The van der Waals surface area contributed by atoms with E-state index < -0.39 is 5.97 Å². The van der Waals surface area contributed by atoms with E-state index in [0.29, 0.717) is 12.4 Å². The molecule has 124 valence electrons. The number of esters is 1.